The first-order valence-corrected chi connectivity index (χ1v) is 7.21. The molecule has 0 aliphatic carbocycles. The van der Waals surface area contributed by atoms with Crippen molar-refractivity contribution >= 4 is 28.9 Å². The zero-order chi connectivity index (χ0) is 16.7. The van der Waals surface area contributed by atoms with Gasteiger partial charge in [0, 0.05) is 17.3 Å². The molecule has 0 spiro atoms. The number of nitrogens with one attached hydrogen (secondary N) is 2. The van der Waals surface area contributed by atoms with Crippen molar-refractivity contribution < 1.29 is 13.9 Å². The van der Waals surface area contributed by atoms with Crippen LogP contribution in [-0.2, 0) is 0 Å². The fourth-order valence-corrected chi connectivity index (χ4v) is 1.97. The van der Waals surface area contributed by atoms with Gasteiger partial charge >= 0.3 is 0 Å². The van der Waals surface area contributed by atoms with Crippen LogP contribution in [0.25, 0.3) is 0 Å². The van der Waals surface area contributed by atoms with Crippen LogP contribution in [0.5, 0.6) is 5.75 Å². The van der Waals surface area contributed by atoms with E-state index < -0.39 is 11.7 Å². The lowest BCUT2D eigenvalue weighted by Crippen LogP contribution is -2.34. The highest BCUT2D eigenvalue weighted by molar-refractivity contribution is 7.80. The number of thiocarbonyl (C=S) groups is 1. The Morgan fingerprint density at radius 3 is 2.70 bits per heavy atom. The Morgan fingerprint density at radius 2 is 2.00 bits per heavy atom. The van der Waals surface area contributed by atoms with Gasteiger partial charge in [0.25, 0.3) is 5.91 Å². The number of rotatable bonds is 5. The SMILES string of the molecule is C=CCOc1cccc(NC(=S)NC(=O)c2ccc(F)cc2)c1. The maximum absolute atomic E-state index is 12.8. The van der Waals surface area contributed by atoms with Crippen LogP contribution in [0.4, 0.5) is 10.1 Å². The molecule has 1 amide bonds. The zero-order valence-electron chi connectivity index (χ0n) is 12.2. The summed E-state index contributed by atoms with van der Waals surface area (Å²) in [7, 11) is 0. The lowest BCUT2D eigenvalue weighted by molar-refractivity contribution is 0.0977. The monoisotopic (exact) mass is 330 g/mol. The van der Waals surface area contributed by atoms with E-state index in [0.717, 1.165) is 0 Å². The van der Waals surface area contributed by atoms with Crippen molar-refractivity contribution in [3.8, 4) is 5.75 Å². The smallest absolute Gasteiger partial charge is 0.257 e. The van der Waals surface area contributed by atoms with Crippen LogP contribution in [0.3, 0.4) is 0 Å². The molecule has 0 radical (unpaired) electrons. The first-order valence-electron chi connectivity index (χ1n) is 6.80. The minimum Gasteiger partial charge on any atom is -0.489 e. The first kappa shape index (κ1) is 16.6. The zero-order valence-corrected chi connectivity index (χ0v) is 13.0. The van der Waals surface area contributed by atoms with Crippen molar-refractivity contribution in [2.75, 3.05) is 11.9 Å². The number of carbonyl (C=O) groups is 1. The van der Waals surface area contributed by atoms with Crippen molar-refractivity contribution in [1.82, 2.24) is 5.32 Å². The van der Waals surface area contributed by atoms with E-state index in [-0.39, 0.29) is 5.11 Å². The molecule has 2 rings (SSSR count). The van der Waals surface area contributed by atoms with Crippen LogP contribution < -0.4 is 15.4 Å². The van der Waals surface area contributed by atoms with Gasteiger partial charge in [0.2, 0.25) is 0 Å². The standard InChI is InChI=1S/C17H15FN2O2S/c1-2-10-22-15-5-3-4-14(11-15)19-17(23)20-16(21)12-6-8-13(18)9-7-12/h2-9,11H,1,10H2,(H2,19,20,21,23). The summed E-state index contributed by atoms with van der Waals surface area (Å²) in [5.74, 6) is -0.164. The van der Waals surface area contributed by atoms with Gasteiger partial charge in [-0.2, -0.15) is 0 Å². The molecule has 23 heavy (non-hydrogen) atoms. The molecule has 0 saturated carbocycles. The minimum absolute atomic E-state index is 0.139. The van der Waals surface area contributed by atoms with E-state index in [4.69, 9.17) is 17.0 Å². The van der Waals surface area contributed by atoms with Crippen LogP contribution in [-0.4, -0.2) is 17.6 Å². The molecular weight excluding hydrogens is 315 g/mol. The molecule has 0 aliphatic rings. The second-order valence-corrected chi connectivity index (χ2v) is 4.95. The van der Waals surface area contributed by atoms with Crippen molar-refractivity contribution in [1.29, 1.82) is 0 Å². The van der Waals surface area contributed by atoms with Crippen molar-refractivity contribution in [3.05, 3.63) is 72.6 Å². The summed E-state index contributed by atoms with van der Waals surface area (Å²) in [5.41, 5.74) is 0.995. The molecule has 2 aromatic rings. The average molecular weight is 330 g/mol. The van der Waals surface area contributed by atoms with Gasteiger partial charge in [0.1, 0.15) is 18.2 Å². The lowest BCUT2D eigenvalue weighted by Gasteiger charge is -2.11. The topological polar surface area (TPSA) is 50.4 Å². The van der Waals surface area contributed by atoms with E-state index in [1.54, 1.807) is 30.3 Å². The molecule has 0 saturated heterocycles. The van der Waals surface area contributed by atoms with Gasteiger partial charge in [-0.05, 0) is 48.6 Å². The summed E-state index contributed by atoms with van der Waals surface area (Å²) in [4.78, 5) is 12.0. The van der Waals surface area contributed by atoms with Crippen LogP contribution in [0.1, 0.15) is 10.4 Å². The minimum atomic E-state index is -0.415. The summed E-state index contributed by atoms with van der Waals surface area (Å²) < 4.78 is 18.3. The summed E-state index contributed by atoms with van der Waals surface area (Å²) >= 11 is 5.09. The van der Waals surface area contributed by atoms with E-state index in [2.05, 4.69) is 17.2 Å². The van der Waals surface area contributed by atoms with Crippen LogP contribution in [0.2, 0.25) is 0 Å². The van der Waals surface area contributed by atoms with E-state index in [0.29, 0.717) is 23.6 Å². The third kappa shape index (κ3) is 5.19. The highest BCUT2D eigenvalue weighted by atomic mass is 32.1. The van der Waals surface area contributed by atoms with Gasteiger partial charge in [-0.1, -0.05) is 18.7 Å². The van der Waals surface area contributed by atoms with Crippen LogP contribution in [0.15, 0.2) is 61.2 Å². The largest absolute Gasteiger partial charge is 0.489 e. The lowest BCUT2D eigenvalue weighted by atomic mass is 10.2. The molecule has 0 heterocycles. The maximum atomic E-state index is 12.8. The molecule has 4 nitrogen and oxygen atoms in total. The Hall–Kier alpha value is -2.73. The van der Waals surface area contributed by atoms with Gasteiger partial charge in [0.15, 0.2) is 5.11 Å². The molecule has 0 aliphatic heterocycles. The number of amides is 1. The molecule has 0 aromatic heterocycles. The van der Waals surface area contributed by atoms with Gasteiger partial charge in [-0.15, -0.1) is 0 Å². The van der Waals surface area contributed by atoms with Crippen LogP contribution in [0, 0.1) is 5.82 Å². The van der Waals surface area contributed by atoms with E-state index >= 15 is 0 Å². The molecule has 2 N–H and O–H groups in total. The molecule has 118 valence electrons. The molecule has 0 atom stereocenters. The second kappa shape index (κ2) is 8.05. The predicted molar refractivity (Wildman–Crippen MR) is 92.2 cm³/mol. The Kier molecular flexibility index (Phi) is 5.82. The Labute approximate surface area is 139 Å². The van der Waals surface area contributed by atoms with Gasteiger partial charge in [0.05, 0.1) is 0 Å². The van der Waals surface area contributed by atoms with Gasteiger partial charge in [-0.25, -0.2) is 4.39 Å². The van der Waals surface area contributed by atoms with Crippen molar-refractivity contribution in [3.63, 3.8) is 0 Å². The third-order valence-electron chi connectivity index (χ3n) is 2.79. The number of halogens is 1. The van der Waals surface area contributed by atoms with Crippen molar-refractivity contribution in [2.24, 2.45) is 0 Å². The summed E-state index contributed by atoms with van der Waals surface area (Å²) in [6, 6.07) is 12.3. The number of ether oxygens (including phenoxy) is 1. The second-order valence-electron chi connectivity index (χ2n) is 4.54. The van der Waals surface area contributed by atoms with Gasteiger partial charge in [-0.3, -0.25) is 10.1 Å². The molecule has 0 unspecified atom stereocenters. The van der Waals surface area contributed by atoms with E-state index in [9.17, 15) is 9.18 Å². The highest BCUT2D eigenvalue weighted by Crippen LogP contribution is 2.17. The number of benzene rings is 2. The number of carbonyl (C=O) groups excluding carboxylic acids is 1. The fourth-order valence-electron chi connectivity index (χ4n) is 1.76. The Bertz CT molecular complexity index is 717. The fraction of sp³-hybridized carbons (Fsp3) is 0.0588. The highest BCUT2D eigenvalue weighted by Gasteiger charge is 2.08. The summed E-state index contributed by atoms with van der Waals surface area (Å²) in [6.07, 6.45) is 1.65. The Morgan fingerprint density at radius 1 is 1.26 bits per heavy atom. The molecule has 0 fully saturated rings. The number of hydrogen-bond donors (Lipinski definition) is 2. The quantitative estimate of drug-likeness (QED) is 0.651. The third-order valence-corrected chi connectivity index (χ3v) is 3.00. The number of hydrogen-bond acceptors (Lipinski definition) is 3. The Balaban J connectivity index is 1.95. The summed E-state index contributed by atoms with van der Waals surface area (Å²) in [6.45, 7) is 3.98. The van der Waals surface area contributed by atoms with E-state index in [1.165, 1.54) is 24.3 Å². The summed E-state index contributed by atoms with van der Waals surface area (Å²) in [5, 5.41) is 5.56. The molecule has 6 heteroatoms. The first-order chi connectivity index (χ1) is 11.1. The predicted octanol–water partition coefficient (Wildman–Crippen LogP) is 3.52. The van der Waals surface area contributed by atoms with E-state index in [1.807, 2.05) is 0 Å². The maximum Gasteiger partial charge on any atom is 0.257 e. The van der Waals surface area contributed by atoms with Gasteiger partial charge < -0.3 is 10.1 Å². The molecular formula is C17H15FN2O2S. The molecule has 2 aromatic carbocycles. The van der Waals surface area contributed by atoms with Crippen molar-refractivity contribution in [2.45, 2.75) is 0 Å². The molecule has 0 bridgehead atoms. The number of anilines is 1. The average Bonchev–Trinajstić information content (AvgIpc) is 2.53. The van der Waals surface area contributed by atoms with Crippen LogP contribution >= 0.6 is 12.2 Å². The normalized spacial score (nSPS) is 9.78.